The smallest absolute Gasteiger partial charge is 0.385 e. The average Bonchev–Trinajstić information content (AvgIpc) is 2.25. The molecule has 1 unspecified atom stereocenters. The van der Waals surface area contributed by atoms with E-state index in [0.717, 1.165) is 19.1 Å². The summed E-state index contributed by atoms with van der Waals surface area (Å²) < 4.78 is 88.9. The summed E-state index contributed by atoms with van der Waals surface area (Å²) in [6.45, 7) is 0.745. The first-order chi connectivity index (χ1) is 9.21. The van der Waals surface area contributed by atoms with Gasteiger partial charge in [-0.2, -0.15) is 30.7 Å². The second-order valence-corrected chi connectivity index (χ2v) is 5.65. The van der Waals surface area contributed by atoms with Crippen molar-refractivity contribution >= 4 is 15.9 Å². The highest BCUT2D eigenvalue weighted by atomic mass is 79.9. The fourth-order valence-electron chi connectivity index (χ4n) is 1.68. The summed E-state index contributed by atoms with van der Waals surface area (Å²) in [5.41, 5.74) is -2.78. The summed E-state index contributed by atoms with van der Waals surface area (Å²) in [5, 5.41) is 9.87. The quantitative estimate of drug-likeness (QED) is 0.735. The van der Waals surface area contributed by atoms with Gasteiger partial charge in [0.05, 0.1) is 12.0 Å². The van der Waals surface area contributed by atoms with Crippen molar-refractivity contribution in [2.45, 2.75) is 37.0 Å². The molecule has 0 bridgehead atoms. The maximum absolute atomic E-state index is 13.3. The Bertz CT molecular complexity index is 511. The molecular formula is C12H10BrF7O. The van der Waals surface area contributed by atoms with Gasteiger partial charge in [0.15, 0.2) is 0 Å². The Hall–Kier alpha value is -0.830. The lowest BCUT2D eigenvalue weighted by atomic mass is 9.87. The summed E-state index contributed by atoms with van der Waals surface area (Å²) >= 11 is 2.98. The van der Waals surface area contributed by atoms with E-state index < -0.39 is 30.0 Å². The second-order valence-electron chi connectivity index (χ2n) is 4.74. The Morgan fingerprint density at radius 2 is 1.57 bits per heavy atom. The van der Waals surface area contributed by atoms with Crippen LogP contribution in [0.3, 0.4) is 0 Å². The Kier molecular flexibility index (Phi) is 4.70. The molecule has 1 aromatic rings. The van der Waals surface area contributed by atoms with E-state index in [1.54, 1.807) is 0 Å². The van der Waals surface area contributed by atoms with Crippen molar-refractivity contribution in [1.29, 1.82) is 0 Å². The third kappa shape index (κ3) is 3.68. The Balaban J connectivity index is 3.13. The molecule has 0 aliphatic heterocycles. The van der Waals surface area contributed by atoms with Crippen LogP contribution in [0, 0.1) is 0 Å². The third-order valence-electron chi connectivity index (χ3n) is 2.83. The van der Waals surface area contributed by atoms with Gasteiger partial charge >= 0.3 is 18.0 Å². The molecule has 0 aliphatic rings. The van der Waals surface area contributed by atoms with Crippen molar-refractivity contribution < 1.29 is 35.8 Å². The minimum Gasteiger partial charge on any atom is -0.385 e. The molecule has 0 aromatic heterocycles. The third-order valence-corrected chi connectivity index (χ3v) is 3.32. The highest BCUT2D eigenvalue weighted by Gasteiger charge is 2.73. The van der Waals surface area contributed by atoms with Crippen molar-refractivity contribution in [2.24, 2.45) is 0 Å². The molecule has 0 saturated heterocycles. The van der Waals surface area contributed by atoms with E-state index in [9.17, 15) is 35.8 Å². The highest BCUT2D eigenvalue weighted by molar-refractivity contribution is 9.10. The molecule has 1 N–H and O–H groups in total. The topological polar surface area (TPSA) is 20.2 Å². The van der Waals surface area contributed by atoms with E-state index >= 15 is 0 Å². The van der Waals surface area contributed by atoms with Gasteiger partial charge in [-0.1, -0.05) is 28.1 Å². The minimum atomic E-state index is -6.41. The molecule has 1 atom stereocenters. The number of alkyl halides is 7. The minimum absolute atomic E-state index is 0.213. The number of hydrogen-bond acceptors (Lipinski definition) is 1. The first-order valence-corrected chi connectivity index (χ1v) is 6.31. The normalized spacial score (nSPS) is 16.7. The molecule has 0 heterocycles. The Morgan fingerprint density at radius 3 is 2.00 bits per heavy atom. The maximum Gasteiger partial charge on any atom is 0.459 e. The van der Waals surface area contributed by atoms with Crippen molar-refractivity contribution in [3.8, 4) is 0 Å². The van der Waals surface area contributed by atoms with Gasteiger partial charge in [-0.3, -0.25) is 0 Å². The van der Waals surface area contributed by atoms with E-state index in [4.69, 9.17) is 0 Å². The predicted molar refractivity (Wildman–Crippen MR) is 64.3 cm³/mol. The van der Waals surface area contributed by atoms with Crippen LogP contribution in [0.15, 0.2) is 28.7 Å². The number of hydrogen-bond donors (Lipinski definition) is 1. The molecule has 0 fully saturated rings. The SMILES string of the molecule is CC(O)(CC(F)(F)C(F)(F)C(F)(F)F)c1cccc(Br)c1. The van der Waals surface area contributed by atoms with E-state index in [-0.39, 0.29) is 5.56 Å². The second kappa shape index (κ2) is 5.42. The molecule has 0 spiro atoms. The molecule has 21 heavy (non-hydrogen) atoms. The summed E-state index contributed by atoms with van der Waals surface area (Å²) in [4.78, 5) is 0. The van der Waals surface area contributed by atoms with E-state index in [1.807, 2.05) is 0 Å². The van der Waals surface area contributed by atoms with Gasteiger partial charge in [-0.05, 0) is 24.6 Å². The molecule has 1 aromatic carbocycles. The molecule has 0 radical (unpaired) electrons. The van der Waals surface area contributed by atoms with Crippen LogP contribution in [-0.2, 0) is 5.60 Å². The standard InChI is InChI=1S/C12H10BrF7O/c1-9(21,7-3-2-4-8(13)5-7)6-10(14,15)11(16,17)12(18,19)20/h2-5,21H,6H2,1H3. The van der Waals surface area contributed by atoms with Gasteiger partial charge < -0.3 is 5.11 Å². The van der Waals surface area contributed by atoms with Gasteiger partial charge in [0.1, 0.15) is 0 Å². The number of halogens is 8. The van der Waals surface area contributed by atoms with Crippen LogP contribution in [0.25, 0.3) is 0 Å². The molecule has 0 saturated carbocycles. The summed E-state index contributed by atoms with van der Waals surface area (Å²) in [5.74, 6) is -11.7. The van der Waals surface area contributed by atoms with Crippen molar-refractivity contribution in [1.82, 2.24) is 0 Å². The van der Waals surface area contributed by atoms with Crippen LogP contribution in [-0.4, -0.2) is 23.1 Å². The molecule has 9 heteroatoms. The lowest BCUT2D eigenvalue weighted by Crippen LogP contribution is -2.54. The van der Waals surface area contributed by atoms with Crippen LogP contribution >= 0.6 is 15.9 Å². The average molecular weight is 383 g/mol. The van der Waals surface area contributed by atoms with Gasteiger partial charge in [0.25, 0.3) is 0 Å². The number of benzene rings is 1. The van der Waals surface area contributed by atoms with E-state index in [2.05, 4.69) is 15.9 Å². The monoisotopic (exact) mass is 382 g/mol. The molecule has 1 nitrogen and oxygen atoms in total. The maximum atomic E-state index is 13.3. The molecule has 0 aliphatic carbocycles. The van der Waals surface area contributed by atoms with Crippen molar-refractivity contribution in [2.75, 3.05) is 0 Å². The predicted octanol–water partition coefficient (Wildman–Crippen LogP) is 4.88. The summed E-state index contributed by atoms with van der Waals surface area (Å²) in [6, 6.07) is 5.10. The van der Waals surface area contributed by atoms with Gasteiger partial charge in [0.2, 0.25) is 0 Å². The molecular weight excluding hydrogens is 373 g/mol. The van der Waals surface area contributed by atoms with Crippen molar-refractivity contribution in [3.05, 3.63) is 34.3 Å². The zero-order chi connectivity index (χ0) is 16.7. The van der Waals surface area contributed by atoms with Crippen LogP contribution in [0.1, 0.15) is 18.9 Å². The van der Waals surface area contributed by atoms with E-state index in [1.165, 1.54) is 12.1 Å². The van der Waals surface area contributed by atoms with Gasteiger partial charge in [-0.15, -0.1) is 0 Å². The first-order valence-electron chi connectivity index (χ1n) is 5.51. The zero-order valence-corrected chi connectivity index (χ0v) is 12.1. The van der Waals surface area contributed by atoms with Crippen LogP contribution < -0.4 is 0 Å². The fraction of sp³-hybridized carbons (Fsp3) is 0.500. The number of rotatable bonds is 4. The highest BCUT2D eigenvalue weighted by Crippen LogP contribution is 2.50. The largest absolute Gasteiger partial charge is 0.459 e. The molecule has 120 valence electrons. The van der Waals surface area contributed by atoms with Crippen LogP contribution in [0.2, 0.25) is 0 Å². The van der Waals surface area contributed by atoms with Crippen LogP contribution in [0.4, 0.5) is 30.7 Å². The van der Waals surface area contributed by atoms with Crippen molar-refractivity contribution in [3.63, 3.8) is 0 Å². The van der Waals surface area contributed by atoms with Gasteiger partial charge in [0, 0.05) is 4.47 Å². The Morgan fingerprint density at radius 1 is 1.05 bits per heavy atom. The van der Waals surface area contributed by atoms with Crippen LogP contribution in [0.5, 0.6) is 0 Å². The van der Waals surface area contributed by atoms with Gasteiger partial charge in [-0.25, -0.2) is 0 Å². The van der Waals surface area contributed by atoms with E-state index in [0.29, 0.717) is 4.47 Å². The molecule has 1 rings (SSSR count). The number of aliphatic hydroxyl groups is 1. The summed E-state index contributed by atoms with van der Waals surface area (Å²) in [6.07, 6.45) is -8.49. The Labute approximate surface area is 123 Å². The zero-order valence-electron chi connectivity index (χ0n) is 10.5. The lowest BCUT2D eigenvalue weighted by Gasteiger charge is -2.34. The molecule has 0 amide bonds. The summed E-state index contributed by atoms with van der Waals surface area (Å²) in [7, 11) is 0. The first kappa shape index (κ1) is 18.2. The fourth-order valence-corrected chi connectivity index (χ4v) is 2.08. The lowest BCUT2D eigenvalue weighted by molar-refractivity contribution is -0.361.